The first-order chi connectivity index (χ1) is 10.2. The fraction of sp³-hybridized carbons (Fsp3) is 0.500. The topological polar surface area (TPSA) is 76.4 Å². The van der Waals surface area contributed by atoms with Crippen LogP contribution in [-0.4, -0.2) is 17.6 Å². The number of nitrogens with zero attached hydrogens (tertiary/aromatic N) is 1. The molecule has 1 aromatic carbocycles. The zero-order valence-corrected chi connectivity index (χ0v) is 13.8. The summed E-state index contributed by atoms with van der Waals surface area (Å²) in [4.78, 5) is 10.4. The Kier molecular flexibility index (Phi) is 6.22. The minimum Gasteiger partial charge on any atom is -0.492 e. The van der Waals surface area contributed by atoms with Crippen LogP contribution in [0.5, 0.6) is 5.75 Å². The number of nitro groups is 1. The van der Waals surface area contributed by atoms with E-state index in [1.165, 1.54) is 0 Å². The molecule has 0 aromatic heterocycles. The van der Waals surface area contributed by atoms with Gasteiger partial charge >= 0.3 is 0 Å². The third-order valence-corrected chi connectivity index (χ3v) is 3.36. The van der Waals surface area contributed by atoms with Crippen molar-refractivity contribution in [2.45, 2.75) is 40.7 Å². The SMILES string of the molecule is CCOc1ccccc1N/C(=C/[N+](=O)[O-])NC(C)C(C)(C)C. The maximum Gasteiger partial charge on any atom is 0.274 e. The van der Waals surface area contributed by atoms with Crippen molar-refractivity contribution >= 4 is 5.69 Å². The predicted molar refractivity (Wildman–Crippen MR) is 88.4 cm³/mol. The molecule has 22 heavy (non-hydrogen) atoms. The van der Waals surface area contributed by atoms with Gasteiger partial charge in [0.25, 0.3) is 6.20 Å². The number of rotatable bonds is 7. The van der Waals surface area contributed by atoms with Crippen LogP contribution in [0.4, 0.5) is 5.69 Å². The van der Waals surface area contributed by atoms with E-state index in [1.807, 2.05) is 38.1 Å². The molecule has 1 rings (SSSR count). The van der Waals surface area contributed by atoms with Crippen LogP contribution in [0, 0.1) is 15.5 Å². The van der Waals surface area contributed by atoms with E-state index >= 15 is 0 Å². The van der Waals surface area contributed by atoms with Crippen LogP contribution in [0.3, 0.4) is 0 Å². The molecule has 0 fully saturated rings. The van der Waals surface area contributed by atoms with Crippen molar-refractivity contribution in [2.24, 2.45) is 5.41 Å². The molecule has 0 radical (unpaired) electrons. The average molecular weight is 307 g/mol. The molecule has 1 unspecified atom stereocenters. The molecule has 0 aliphatic carbocycles. The summed E-state index contributed by atoms with van der Waals surface area (Å²) in [6.07, 6.45) is 0.935. The molecule has 6 heteroatoms. The van der Waals surface area contributed by atoms with Crippen LogP contribution >= 0.6 is 0 Å². The molecular formula is C16H25N3O3. The number of anilines is 1. The van der Waals surface area contributed by atoms with Crippen LogP contribution in [0.25, 0.3) is 0 Å². The fourth-order valence-corrected chi connectivity index (χ4v) is 1.66. The molecule has 0 aliphatic heterocycles. The van der Waals surface area contributed by atoms with Crippen molar-refractivity contribution in [2.75, 3.05) is 11.9 Å². The maximum atomic E-state index is 10.9. The first-order valence-electron chi connectivity index (χ1n) is 7.34. The molecule has 0 amide bonds. The van der Waals surface area contributed by atoms with Gasteiger partial charge in [-0.1, -0.05) is 32.9 Å². The van der Waals surface area contributed by atoms with Gasteiger partial charge in [-0.3, -0.25) is 10.1 Å². The van der Waals surface area contributed by atoms with Gasteiger partial charge in [-0.25, -0.2) is 0 Å². The predicted octanol–water partition coefficient (Wildman–Crippen LogP) is 3.60. The second-order valence-electron chi connectivity index (χ2n) is 6.11. The monoisotopic (exact) mass is 307 g/mol. The Balaban J connectivity index is 2.98. The van der Waals surface area contributed by atoms with Crippen LogP contribution in [0.15, 0.2) is 36.3 Å². The van der Waals surface area contributed by atoms with Crippen LogP contribution < -0.4 is 15.4 Å². The first-order valence-corrected chi connectivity index (χ1v) is 7.34. The number of hydrogen-bond donors (Lipinski definition) is 2. The lowest BCUT2D eigenvalue weighted by atomic mass is 9.88. The number of nitrogens with one attached hydrogen (secondary N) is 2. The van der Waals surface area contributed by atoms with Crippen molar-refractivity contribution in [3.63, 3.8) is 0 Å². The van der Waals surface area contributed by atoms with Crippen LogP contribution in [0.2, 0.25) is 0 Å². The van der Waals surface area contributed by atoms with E-state index in [4.69, 9.17) is 4.74 Å². The molecule has 1 atom stereocenters. The Morgan fingerprint density at radius 2 is 2.05 bits per heavy atom. The Morgan fingerprint density at radius 3 is 2.59 bits per heavy atom. The van der Waals surface area contributed by atoms with Gasteiger partial charge < -0.3 is 15.4 Å². The van der Waals surface area contributed by atoms with E-state index < -0.39 is 4.92 Å². The first kappa shape index (κ1) is 17.8. The lowest BCUT2D eigenvalue weighted by molar-refractivity contribution is -0.403. The van der Waals surface area contributed by atoms with E-state index in [2.05, 4.69) is 31.4 Å². The Morgan fingerprint density at radius 1 is 1.41 bits per heavy atom. The van der Waals surface area contributed by atoms with Crippen molar-refractivity contribution < 1.29 is 9.66 Å². The lowest BCUT2D eigenvalue weighted by Crippen LogP contribution is -2.39. The molecule has 0 spiro atoms. The summed E-state index contributed by atoms with van der Waals surface area (Å²) in [5.41, 5.74) is 0.655. The van der Waals surface area contributed by atoms with E-state index in [-0.39, 0.29) is 11.5 Å². The zero-order chi connectivity index (χ0) is 16.8. The quantitative estimate of drug-likeness (QED) is 0.594. The van der Waals surface area contributed by atoms with Gasteiger partial charge in [0.1, 0.15) is 5.75 Å². The van der Waals surface area contributed by atoms with Gasteiger partial charge in [0.15, 0.2) is 5.82 Å². The minimum absolute atomic E-state index is 0.0309. The van der Waals surface area contributed by atoms with Crippen molar-refractivity contribution in [1.82, 2.24) is 5.32 Å². The molecule has 122 valence electrons. The van der Waals surface area contributed by atoms with Gasteiger partial charge in [0.2, 0.25) is 0 Å². The molecule has 0 heterocycles. The highest BCUT2D eigenvalue weighted by atomic mass is 16.6. The largest absolute Gasteiger partial charge is 0.492 e. The van der Waals surface area contributed by atoms with Crippen molar-refractivity contribution in [3.8, 4) is 5.75 Å². The fourth-order valence-electron chi connectivity index (χ4n) is 1.66. The highest BCUT2D eigenvalue weighted by Gasteiger charge is 2.21. The second kappa shape index (κ2) is 7.68. The van der Waals surface area contributed by atoms with Gasteiger partial charge in [-0.15, -0.1) is 0 Å². The van der Waals surface area contributed by atoms with Gasteiger partial charge in [0.05, 0.1) is 17.2 Å². The van der Waals surface area contributed by atoms with E-state index in [0.717, 1.165) is 6.20 Å². The third kappa shape index (κ3) is 5.63. The summed E-state index contributed by atoms with van der Waals surface area (Å²) in [5.74, 6) is 0.990. The number of para-hydroxylation sites is 2. The summed E-state index contributed by atoms with van der Waals surface area (Å²) >= 11 is 0. The van der Waals surface area contributed by atoms with Crippen molar-refractivity contribution in [3.05, 3.63) is 46.4 Å². The summed E-state index contributed by atoms with van der Waals surface area (Å²) in [5, 5.41) is 17.1. The number of benzene rings is 1. The normalized spacial score (nSPS) is 13.4. The Labute approximate surface area is 131 Å². The van der Waals surface area contributed by atoms with Gasteiger partial charge in [0, 0.05) is 6.04 Å². The van der Waals surface area contributed by atoms with Gasteiger partial charge in [-0.2, -0.15) is 0 Å². The Hall–Kier alpha value is -2.24. The number of hydrogen-bond acceptors (Lipinski definition) is 5. The molecule has 0 bridgehead atoms. The standard InChI is InChI=1S/C16H25N3O3/c1-6-22-14-10-8-7-9-13(14)18-15(11-19(20)21)17-12(2)16(3,4)5/h7-12,17-18H,6H2,1-5H3/b15-11+. The number of ether oxygens (including phenoxy) is 1. The molecule has 6 nitrogen and oxygen atoms in total. The highest BCUT2D eigenvalue weighted by molar-refractivity contribution is 5.59. The highest BCUT2D eigenvalue weighted by Crippen LogP contribution is 2.26. The van der Waals surface area contributed by atoms with Crippen LogP contribution in [0.1, 0.15) is 34.6 Å². The zero-order valence-electron chi connectivity index (χ0n) is 13.8. The molecular weight excluding hydrogens is 282 g/mol. The summed E-state index contributed by atoms with van der Waals surface area (Å²) in [6.45, 7) is 10.6. The Bertz CT molecular complexity index is 536. The molecule has 0 saturated carbocycles. The van der Waals surface area contributed by atoms with Crippen LogP contribution in [-0.2, 0) is 0 Å². The smallest absolute Gasteiger partial charge is 0.274 e. The van der Waals surface area contributed by atoms with E-state index in [0.29, 0.717) is 23.9 Å². The average Bonchev–Trinajstić information content (AvgIpc) is 2.39. The summed E-state index contributed by atoms with van der Waals surface area (Å²) in [7, 11) is 0. The summed E-state index contributed by atoms with van der Waals surface area (Å²) in [6, 6.07) is 7.40. The van der Waals surface area contributed by atoms with E-state index in [1.54, 1.807) is 0 Å². The second-order valence-corrected chi connectivity index (χ2v) is 6.11. The van der Waals surface area contributed by atoms with Gasteiger partial charge in [-0.05, 0) is 31.4 Å². The maximum absolute atomic E-state index is 10.9. The van der Waals surface area contributed by atoms with E-state index in [9.17, 15) is 10.1 Å². The third-order valence-electron chi connectivity index (χ3n) is 3.36. The minimum atomic E-state index is -0.478. The lowest BCUT2D eigenvalue weighted by Gasteiger charge is -2.29. The molecule has 2 N–H and O–H groups in total. The van der Waals surface area contributed by atoms with Crippen molar-refractivity contribution in [1.29, 1.82) is 0 Å². The molecule has 1 aromatic rings. The molecule has 0 aliphatic rings. The molecule has 0 saturated heterocycles. The summed E-state index contributed by atoms with van der Waals surface area (Å²) < 4.78 is 5.53.